The fourth-order valence-electron chi connectivity index (χ4n) is 4.37. The monoisotopic (exact) mass is 316 g/mol. The third-order valence-corrected chi connectivity index (χ3v) is 5.68. The quantitative estimate of drug-likeness (QED) is 0.772. The molecule has 0 aliphatic heterocycles. The third kappa shape index (κ3) is 3.54. The van der Waals surface area contributed by atoms with E-state index < -0.39 is 0 Å². The Hall–Kier alpha value is -1.51. The first-order valence-electron chi connectivity index (χ1n) is 9.16. The highest BCUT2D eigenvalue weighted by Crippen LogP contribution is 2.44. The maximum absolute atomic E-state index is 12.1. The minimum Gasteiger partial charge on any atom is -0.507 e. The Morgan fingerprint density at radius 1 is 0.913 bits per heavy atom. The first-order chi connectivity index (χ1) is 11.2. The number of ether oxygens (including phenoxy) is 1. The molecule has 1 N–H and O–H groups in total. The Bertz CT molecular complexity index is 513. The number of benzene rings is 1. The van der Waals surface area contributed by atoms with Gasteiger partial charge in [-0.1, -0.05) is 38.5 Å². The van der Waals surface area contributed by atoms with Crippen LogP contribution in [0.15, 0.2) is 12.1 Å². The Morgan fingerprint density at radius 2 is 1.35 bits per heavy atom. The zero-order valence-electron chi connectivity index (χ0n) is 14.1. The lowest BCUT2D eigenvalue weighted by Crippen LogP contribution is -2.12. The number of methoxy groups -OCH3 is 1. The average molecular weight is 316 g/mol. The van der Waals surface area contributed by atoms with Crippen LogP contribution < -0.4 is 0 Å². The molecular weight excluding hydrogens is 288 g/mol. The van der Waals surface area contributed by atoms with E-state index in [2.05, 4.69) is 0 Å². The van der Waals surface area contributed by atoms with Gasteiger partial charge in [0.15, 0.2) is 0 Å². The molecule has 23 heavy (non-hydrogen) atoms. The van der Waals surface area contributed by atoms with E-state index in [-0.39, 0.29) is 5.97 Å². The van der Waals surface area contributed by atoms with Gasteiger partial charge in [0.2, 0.25) is 0 Å². The first kappa shape index (κ1) is 16.4. The highest BCUT2D eigenvalue weighted by Gasteiger charge is 2.26. The summed E-state index contributed by atoms with van der Waals surface area (Å²) < 4.78 is 4.94. The predicted molar refractivity (Wildman–Crippen MR) is 91.1 cm³/mol. The molecule has 0 radical (unpaired) electrons. The van der Waals surface area contributed by atoms with Crippen molar-refractivity contribution < 1.29 is 14.6 Å². The van der Waals surface area contributed by atoms with Crippen LogP contribution in [0.1, 0.15) is 97.5 Å². The van der Waals surface area contributed by atoms with Gasteiger partial charge in [-0.2, -0.15) is 0 Å². The number of phenolic OH excluding ortho intramolecular Hbond substituents is 1. The second kappa shape index (κ2) is 7.37. The largest absolute Gasteiger partial charge is 0.507 e. The standard InChI is InChI=1S/C20H28O3/c1-23-20(22)16-12-17(14-8-4-2-5-9-14)19(21)18(13-16)15-10-6-3-7-11-15/h12-15,21H,2-11H2,1H3. The molecular formula is C20H28O3. The molecule has 2 aliphatic rings. The molecule has 0 heterocycles. The molecule has 2 aliphatic carbocycles. The van der Waals surface area contributed by atoms with Crippen LogP contribution in [-0.4, -0.2) is 18.2 Å². The summed E-state index contributed by atoms with van der Waals surface area (Å²) in [7, 11) is 1.43. The van der Waals surface area contributed by atoms with Crippen LogP contribution >= 0.6 is 0 Å². The molecule has 0 aromatic heterocycles. The molecule has 126 valence electrons. The van der Waals surface area contributed by atoms with Gasteiger partial charge in [-0.15, -0.1) is 0 Å². The van der Waals surface area contributed by atoms with E-state index in [1.165, 1.54) is 45.6 Å². The summed E-state index contributed by atoms with van der Waals surface area (Å²) in [6.45, 7) is 0. The summed E-state index contributed by atoms with van der Waals surface area (Å²) in [5, 5.41) is 10.9. The third-order valence-electron chi connectivity index (χ3n) is 5.68. The Balaban J connectivity index is 2.00. The lowest BCUT2D eigenvalue weighted by molar-refractivity contribution is 0.0600. The normalized spacial score (nSPS) is 20.4. The number of carbonyl (C=O) groups excluding carboxylic acids is 1. The molecule has 1 aromatic carbocycles. The molecule has 3 heteroatoms. The van der Waals surface area contributed by atoms with Gasteiger partial charge in [0.1, 0.15) is 5.75 Å². The van der Waals surface area contributed by atoms with E-state index in [9.17, 15) is 9.90 Å². The van der Waals surface area contributed by atoms with Crippen molar-refractivity contribution in [3.63, 3.8) is 0 Å². The number of esters is 1. The number of hydrogen-bond acceptors (Lipinski definition) is 3. The topological polar surface area (TPSA) is 46.5 Å². The van der Waals surface area contributed by atoms with Gasteiger partial charge >= 0.3 is 5.97 Å². The van der Waals surface area contributed by atoms with Gasteiger partial charge < -0.3 is 9.84 Å². The molecule has 0 spiro atoms. The van der Waals surface area contributed by atoms with Gasteiger partial charge in [0.05, 0.1) is 12.7 Å². The molecule has 2 fully saturated rings. The van der Waals surface area contributed by atoms with Crippen molar-refractivity contribution in [1.82, 2.24) is 0 Å². The minimum atomic E-state index is -0.292. The van der Waals surface area contributed by atoms with E-state index in [4.69, 9.17) is 4.74 Å². The molecule has 0 bridgehead atoms. The number of phenols is 1. The first-order valence-corrected chi connectivity index (χ1v) is 9.16. The van der Waals surface area contributed by atoms with Crippen LogP contribution in [-0.2, 0) is 4.74 Å². The minimum absolute atomic E-state index is 0.292. The van der Waals surface area contributed by atoms with Crippen molar-refractivity contribution in [3.05, 3.63) is 28.8 Å². The lowest BCUT2D eigenvalue weighted by atomic mass is 9.78. The van der Waals surface area contributed by atoms with Crippen LogP contribution in [0, 0.1) is 0 Å². The van der Waals surface area contributed by atoms with Gasteiger partial charge in [-0.05, 0) is 60.8 Å². The number of rotatable bonds is 3. The zero-order chi connectivity index (χ0) is 16.2. The van der Waals surface area contributed by atoms with Crippen molar-refractivity contribution in [1.29, 1.82) is 0 Å². The second-order valence-corrected chi connectivity index (χ2v) is 7.16. The van der Waals surface area contributed by atoms with E-state index in [1.54, 1.807) is 0 Å². The van der Waals surface area contributed by atoms with Crippen LogP contribution in [0.4, 0.5) is 0 Å². The SMILES string of the molecule is COC(=O)c1cc(C2CCCCC2)c(O)c(C2CCCCC2)c1. The molecule has 0 amide bonds. The lowest BCUT2D eigenvalue weighted by Gasteiger charge is -2.28. The van der Waals surface area contributed by atoms with Gasteiger partial charge in [-0.3, -0.25) is 0 Å². The summed E-state index contributed by atoms with van der Waals surface area (Å²) in [6, 6.07) is 3.76. The molecule has 1 aromatic rings. The van der Waals surface area contributed by atoms with Crippen LogP contribution in [0.25, 0.3) is 0 Å². The van der Waals surface area contributed by atoms with Crippen LogP contribution in [0.5, 0.6) is 5.75 Å². The van der Waals surface area contributed by atoms with Crippen LogP contribution in [0.3, 0.4) is 0 Å². The van der Waals surface area contributed by atoms with Gasteiger partial charge in [0, 0.05) is 0 Å². The van der Waals surface area contributed by atoms with Gasteiger partial charge in [-0.25, -0.2) is 4.79 Å². The number of aromatic hydroxyl groups is 1. The average Bonchev–Trinajstić information content (AvgIpc) is 2.62. The summed E-state index contributed by atoms with van der Waals surface area (Å²) in [6.07, 6.45) is 11.9. The molecule has 3 nitrogen and oxygen atoms in total. The zero-order valence-corrected chi connectivity index (χ0v) is 14.1. The molecule has 0 atom stereocenters. The smallest absolute Gasteiger partial charge is 0.337 e. The second-order valence-electron chi connectivity index (χ2n) is 7.16. The fourth-order valence-corrected chi connectivity index (χ4v) is 4.37. The highest BCUT2D eigenvalue weighted by atomic mass is 16.5. The fraction of sp³-hybridized carbons (Fsp3) is 0.650. The highest BCUT2D eigenvalue weighted by molar-refractivity contribution is 5.90. The Labute approximate surface area is 139 Å². The van der Waals surface area contributed by atoms with Crippen molar-refractivity contribution in [2.75, 3.05) is 7.11 Å². The van der Waals surface area contributed by atoms with Crippen molar-refractivity contribution in [2.24, 2.45) is 0 Å². The number of hydrogen-bond donors (Lipinski definition) is 1. The van der Waals surface area contributed by atoms with E-state index >= 15 is 0 Å². The Kier molecular flexibility index (Phi) is 5.24. The number of carbonyl (C=O) groups is 1. The maximum atomic E-state index is 12.1. The van der Waals surface area contributed by atoms with Crippen LogP contribution in [0.2, 0.25) is 0 Å². The van der Waals surface area contributed by atoms with E-state index in [0.717, 1.165) is 36.8 Å². The molecule has 0 unspecified atom stereocenters. The summed E-state index contributed by atoms with van der Waals surface area (Å²) >= 11 is 0. The predicted octanol–water partition coefficient (Wildman–Crippen LogP) is 5.27. The summed E-state index contributed by atoms with van der Waals surface area (Å²) in [5.74, 6) is 0.932. The maximum Gasteiger partial charge on any atom is 0.337 e. The van der Waals surface area contributed by atoms with Crippen molar-refractivity contribution in [2.45, 2.75) is 76.0 Å². The Morgan fingerprint density at radius 3 is 1.74 bits per heavy atom. The van der Waals surface area contributed by atoms with Crippen molar-refractivity contribution in [3.8, 4) is 5.75 Å². The van der Waals surface area contributed by atoms with Crippen molar-refractivity contribution >= 4 is 5.97 Å². The summed E-state index contributed by atoms with van der Waals surface area (Å²) in [5.41, 5.74) is 2.56. The van der Waals surface area contributed by atoms with Gasteiger partial charge in [0.25, 0.3) is 0 Å². The molecule has 2 saturated carbocycles. The molecule has 0 saturated heterocycles. The molecule has 3 rings (SSSR count). The van der Waals surface area contributed by atoms with E-state index in [1.807, 2.05) is 12.1 Å². The van der Waals surface area contributed by atoms with E-state index in [0.29, 0.717) is 23.1 Å². The summed E-state index contributed by atoms with van der Waals surface area (Å²) in [4.78, 5) is 12.1.